The van der Waals surface area contributed by atoms with E-state index in [1.807, 2.05) is 6.07 Å². The van der Waals surface area contributed by atoms with Crippen molar-refractivity contribution in [3.05, 3.63) is 59.0 Å². The Bertz CT molecular complexity index is 1120. The molecule has 0 saturated heterocycles. The van der Waals surface area contributed by atoms with Crippen LogP contribution in [0, 0.1) is 0 Å². The number of benzene rings is 2. The standard InChI is InChI=1S/C18H16N2O5S/c1-26(2,23)20-14-9-16-13(18(22)15(10-24-16)19-11-21)8-17(14)25-12-6-4-3-5-7-12/h3-11H,1H2,2H3,(H,19,21)(H,20,23). The van der Waals surface area contributed by atoms with Crippen LogP contribution in [0.3, 0.4) is 0 Å². The highest BCUT2D eigenvalue weighted by atomic mass is 32.2. The molecular weight excluding hydrogens is 356 g/mol. The van der Waals surface area contributed by atoms with Crippen LogP contribution in [-0.2, 0) is 14.5 Å². The van der Waals surface area contributed by atoms with Crippen molar-refractivity contribution in [2.45, 2.75) is 0 Å². The Morgan fingerprint density at radius 3 is 2.58 bits per heavy atom. The topological polar surface area (TPSA) is 97.6 Å². The van der Waals surface area contributed by atoms with Crippen molar-refractivity contribution in [1.29, 1.82) is 0 Å². The Labute approximate surface area is 149 Å². The second-order valence-corrected chi connectivity index (χ2v) is 7.82. The molecule has 1 unspecified atom stereocenters. The van der Waals surface area contributed by atoms with Crippen LogP contribution in [0.25, 0.3) is 11.0 Å². The highest BCUT2D eigenvalue weighted by Crippen LogP contribution is 2.34. The molecule has 0 bridgehead atoms. The first-order valence-electron chi connectivity index (χ1n) is 7.50. The maximum Gasteiger partial charge on any atom is 0.216 e. The first kappa shape index (κ1) is 17.6. The van der Waals surface area contributed by atoms with E-state index >= 15 is 0 Å². The normalized spacial score (nSPS) is 13.0. The van der Waals surface area contributed by atoms with Crippen LogP contribution >= 0.6 is 0 Å². The number of fused-ring (bicyclic) bond motifs is 1. The molecule has 134 valence electrons. The molecule has 0 fully saturated rings. The fourth-order valence-electron chi connectivity index (χ4n) is 2.33. The number of hydrogen-bond acceptors (Lipinski definition) is 5. The second kappa shape index (κ2) is 6.93. The van der Waals surface area contributed by atoms with E-state index in [0.717, 1.165) is 6.26 Å². The van der Waals surface area contributed by atoms with Gasteiger partial charge in [-0.3, -0.25) is 9.59 Å². The number of anilines is 2. The van der Waals surface area contributed by atoms with Gasteiger partial charge in [0.05, 0.1) is 11.1 Å². The Kier molecular flexibility index (Phi) is 4.68. The average Bonchev–Trinajstić information content (AvgIpc) is 2.58. The highest BCUT2D eigenvalue weighted by Gasteiger charge is 2.14. The average molecular weight is 372 g/mol. The van der Waals surface area contributed by atoms with E-state index in [1.54, 1.807) is 24.3 Å². The summed E-state index contributed by atoms with van der Waals surface area (Å²) in [6.07, 6.45) is 2.98. The molecule has 2 aromatic carbocycles. The van der Waals surface area contributed by atoms with Gasteiger partial charge in [-0.1, -0.05) is 18.2 Å². The van der Waals surface area contributed by atoms with Crippen LogP contribution < -0.4 is 20.2 Å². The van der Waals surface area contributed by atoms with Gasteiger partial charge in [0.15, 0.2) is 5.75 Å². The van der Waals surface area contributed by atoms with Gasteiger partial charge in [0.25, 0.3) is 0 Å². The minimum Gasteiger partial charge on any atom is -0.462 e. The molecule has 0 aliphatic carbocycles. The molecule has 26 heavy (non-hydrogen) atoms. The van der Waals surface area contributed by atoms with Gasteiger partial charge in [-0.25, -0.2) is 4.21 Å². The molecule has 0 radical (unpaired) electrons. The van der Waals surface area contributed by atoms with E-state index in [9.17, 15) is 13.8 Å². The largest absolute Gasteiger partial charge is 0.462 e. The third-order valence-electron chi connectivity index (χ3n) is 3.39. The lowest BCUT2D eigenvalue weighted by Crippen LogP contribution is -2.12. The zero-order chi connectivity index (χ0) is 18.7. The Morgan fingerprint density at radius 1 is 1.19 bits per heavy atom. The van der Waals surface area contributed by atoms with E-state index in [0.29, 0.717) is 17.8 Å². The van der Waals surface area contributed by atoms with Crippen LogP contribution in [0.5, 0.6) is 11.5 Å². The van der Waals surface area contributed by atoms with Crippen molar-refractivity contribution < 1.29 is 18.2 Å². The summed E-state index contributed by atoms with van der Waals surface area (Å²) in [7, 11) is -2.60. The number of nitrogens with one attached hydrogen (secondary N) is 2. The summed E-state index contributed by atoms with van der Waals surface area (Å²) >= 11 is 0. The van der Waals surface area contributed by atoms with Crippen molar-refractivity contribution in [1.82, 2.24) is 0 Å². The molecule has 3 aromatic rings. The third kappa shape index (κ3) is 3.86. The first-order chi connectivity index (χ1) is 12.4. The zero-order valence-corrected chi connectivity index (χ0v) is 14.7. The molecule has 1 atom stereocenters. The van der Waals surface area contributed by atoms with Crippen molar-refractivity contribution in [3.63, 3.8) is 0 Å². The van der Waals surface area contributed by atoms with Crippen molar-refractivity contribution in [2.75, 3.05) is 16.3 Å². The van der Waals surface area contributed by atoms with Crippen LogP contribution in [0.15, 0.2) is 57.9 Å². The van der Waals surface area contributed by atoms with Crippen LogP contribution in [0.2, 0.25) is 0 Å². The fourth-order valence-corrected chi connectivity index (χ4v) is 2.96. The molecular formula is C18H16N2O5S. The summed E-state index contributed by atoms with van der Waals surface area (Å²) in [5.74, 6) is 4.38. The zero-order valence-electron chi connectivity index (χ0n) is 13.9. The predicted octanol–water partition coefficient (Wildman–Crippen LogP) is 2.83. The quantitative estimate of drug-likeness (QED) is 0.512. The van der Waals surface area contributed by atoms with Gasteiger partial charge < -0.3 is 19.2 Å². The van der Waals surface area contributed by atoms with Crippen LogP contribution in [-0.4, -0.2) is 22.7 Å². The Hall–Kier alpha value is -3.26. The Balaban J connectivity index is 2.19. The lowest BCUT2D eigenvalue weighted by molar-refractivity contribution is -0.105. The van der Waals surface area contributed by atoms with Gasteiger partial charge in [0.2, 0.25) is 11.8 Å². The number of hydrogen-bond donors (Lipinski definition) is 2. The number of para-hydroxylation sites is 1. The fraction of sp³-hybridized carbons (Fsp3) is 0.0556. The van der Waals surface area contributed by atoms with E-state index in [4.69, 9.17) is 9.15 Å². The molecule has 2 N–H and O–H groups in total. The molecule has 0 spiro atoms. The van der Waals surface area contributed by atoms with Gasteiger partial charge in [-0.05, 0) is 24.1 Å². The van der Waals surface area contributed by atoms with E-state index < -0.39 is 15.1 Å². The lowest BCUT2D eigenvalue weighted by Gasteiger charge is -2.15. The second-order valence-electron chi connectivity index (χ2n) is 5.61. The van der Waals surface area contributed by atoms with Gasteiger partial charge in [-0.2, -0.15) is 0 Å². The summed E-state index contributed by atoms with van der Waals surface area (Å²) in [6, 6.07) is 11.9. The lowest BCUT2D eigenvalue weighted by atomic mass is 10.2. The Morgan fingerprint density at radius 2 is 1.92 bits per heavy atom. The first-order valence-corrected chi connectivity index (χ1v) is 9.63. The van der Waals surface area contributed by atoms with E-state index in [2.05, 4.69) is 15.9 Å². The predicted molar refractivity (Wildman–Crippen MR) is 103 cm³/mol. The third-order valence-corrected chi connectivity index (χ3v) is 4.04. The monoisotopic (exact) mass is 372 g/mol. The van der Waals surface area contributed by atoms with Gasteiger partial charge >= 0.3 is 0 Å². The minimum absolute atomic E-state index is 0.00955. The summed E-state index contributed by atoms with van der Waals surface area (Å²) in [5, 5.41) is 2.50. The van der Waals surface area contributed by atoms with Gasteiger partial charge in [-0.15, -0.1) is 0 Å². The molecule has 3 rings (SSSR count). The summed E-state index contributed by atoms with van der Waals surface area (Å²) in [6.45, 7) is 0. The van der Waals surface area contributed by atoms with Gasteiger partial charge in [0, 0.05) is 22.0 Å². The van der Waals surface area contributed by atoms with E-state index in [1.165, 1.54) is 18.4 Å². The number of rotatable bonds is 6. The number of carbonyl (C=O) groups is 1. The van der Waals surface area contributed by atoms with Gasteiger partial charge in [0.1, 0.15) is 23.3 Å². The number of ether oxygens (including phenoxy) is 1. The summed E-state index contributed by atoms with van der Waals surface area (Å²) < 4.78 is 26.1. The summed E-state index contributed by atoms with van der Waals surface area (Å²) in [5.41, 5.74) is 0.200. The number of amides is 1. The van der Waals surface area contributed by atoms with Crippen molar-refractivity contribution >= 4 is 44.3 Å². The van der Waals surface area contributed by atoms with Crippen molar-refractivity contribution in [3.8, 4) is 11.5 Å². The van der Waals surface area contributed by atoms with Crippen LogP contribution in [0.1, 0.15) is 0 Å². The smallest absolute Gasteiger partial charge is 0.216 e. The molecule has 1 aromatic heterocycles. The number of carbonyl (C=O) groups excluding carboxylic acids is 1. The molecule has 0 aliphatic rings. The minimum atomic E-state index is -2.60. The van der Waals surface area contributed by atoms with Crippen LogP contribution in [0.4, 0.5) is 11.4 Å². The molecule has 7 nitrogen and oxygen atoms in total. The molecule has 0 saturated carbocycles. The molecule has 8 heteroatoms. The molecule has 1 heterocycles. The SMILES string of the molecule is C=S(C)(=O)Nc1cc2occ(NC=O)c(=O)c2cc1Oc1ccccc1. The summed E-state index contributed by atoms with van der Waals surface area (Å²) in [4.78, 5) is 23.1. The molecule has 1 amide bonds. The molecule has 0 aliphatic heterocycles. The highest BCUT2D eigenvalue weighted by molar-refractivity contribution is 8.00. The maximum absolute atomic E-state index is 12.5. The maximum atomic E-state index is 12.5. The van der Waals surface area contributed by atoms with E-state index in [-0.39, 0.29) is 22.4 Å². The van der Waals surface area contributed by atoms with Crippen molar-refractivity contribution in [2.24, 2.45) is 0 Å².